The summed E-state index contributed by atoms with van der Waals surface area (Å²) in [4.78, 5) is 15.0. The normalized spacial score (nSPS) is 11.0. The van der Waals surface area contributed by atoms with Crippen LogP contribution in [0.25, 0.3) is 0 Å². The molecule has 0 radical (unpaired) electrons. The number of hydrogen-bond acceptors (Lipinski definition) is 6. The molecule has 0 amide bonds. The number of nitrogens with zero attached hydrogens (tertiary/aromatic N) is 2. The summed E-state index contributed by atoms with van der Waals surface area (Å²) < 4.78 is 16.2. The summed E-state index contributed by atoms with van der Waals surface area (Å²) in [6.07, 6.45) is 2.50. The zero-order valence-electron chi connectivity index (χ0n) is 16.0. The first-order valence-corrected chi connectivity index (χ1v) is 8.62. The van der Waals surface area contributed by atoms with E-state index in [1.54, 1.807) is 31.5 Å². The van der Waals surface area contributed by atoms with Gasteiger partial charge < -0.3 is 14.2 Å². The molecule has 0 saturated heterocycles. The van der Waals surface area contributed by atoms with Crippen molar-refractivity contribution >= 4 is 17.6 Å². The summed E-state index contributed by atoms with van der Waals surface area (Å²) in [5, 5.41) is 11.2. The van der Waals surface area contributed by atoms with Gasteiger partial charge in [0.2, 0.25) is 0 Å². The topological polar surface area (TPSA) is 83.2 Å². The molecular weight excluding hydrogens is 348 g/mol. The predicted octanol–water partition coefficient (Wildman–Crippen LogP) is 4.79. The van der Waals surface area contributed by atoms with Gasteiger partial charge in [0.25, 0.3) is 5.69 Å². The molecule has 0 unspecified atom stereocenters. The number of methoxy groups -OCH3 is 2. The first-order chi connectivity index (χ1) is 12.9. The van der Waals surface area contributed by atoms with Gasteiger partial charge in [-0.25, -0.2) is 4.99 Å². The van der Waals surface area contributed by atoms with Gasteiger partial charge in [-0.2, -0.15) is 0 Å². The van der Waals surface area contributed by atoms with Crippen molar-refractivity contribution in [3.8, 4) is 17.2 Å². The third-order valence-corrected chi connectivity index (χ3v) is 3.87. The SMILES string of the molecule is COc1ccc(N=Cc2ccc(OCCC(C)C)c(OC)c2)c([N+](=O)[O-])c1. The van der Waals surface area contributed by atoms with Gasteiger partial charge in [0.1, 0.15) is 11.4 Å². The Morgan fingerprint density at radius 3 is 2.52 bits per heavy atom. The van der Waals surface area contributed by atoms with Gasteiger partial charge in [0.05, 0.1) is 31.8 Å². The van der Waals surface area contributed by atoms with Crippen LogP contribution in [0.4, 0.5) is 11.4 Å². The average Bonchev–Trinajstić information content (AvgIpc) is 2.66. The molecule has 0 aromatic heterocycles. The molecule has 144 valence electrons. The Labute approximate surface area is 158 Å². The third kappa shape index (κ3) is 5.70. The van der Waals surface area contributed by atoms with Crippen LogP contribution in [0, 0.1) is 16.0 Å². The molecule has 27 heavy (non-hydrogen) atoms. The highest BCUT2D eigenvalue weighted by Crippen LogP contribution is 2.32. The van der Waals surface area contributed by atoms with E-state index in [1.807, 2.05) is 12.1 Å². The minimum atomic E-state index is -0.485. The maximum Gasteiger partial charge on any atom is 0.298 e. The standard InChI is InChI=1S/C20H24N2O5/c1-14(2)9-10-27-19-8-5-15(11-20(19)26-4)13-21-17-7-6-16(25-3)12-18(17)22(23)24/h5-8,11-14H,9-10H2,1-4H3. The Balaban J connectivity index is 2.21. The van der Waals surface area contributed by atoms with Crippen LogP contribution in [-0.4, -0.2) is 32.0 Å². The fourth-order valence-corrected chi connectivity index (χ4v) is 2.32. The molecule has 0 N–H and O–H groups in total. The zero-order chi connectivity index (χ0) is 19.8. The van der Waals surface area contributed by atoms with E-state index in [4.69, 9.17) is 14.2 Å². The Bertz CT molecular complexity index is 818. The van der Waals surface area contributed by atoms with Gasteiger partial charge in [-0.3, -0.25) is 10.1 Å². The van der Waals surface area contributed by atoms with Gasteiger partial charge in [0, 0.05) is 6.21 Å². The van der Waals surface area contributed by atoms with E-state index >= 15 is 0 Å². The van der Waals surface area contributed by atoms with Crippen LogP contribution in [-0.2, 0) is 0 Å². The first kappa shape index (κ1) is 20.2. The summed E-state index contributed by atoms with van der Waals surface area (Å²) in [5.74, 6) is 2.21. The Kier molecular flexibility index (Phi) is 7.16. The quantitative estimate of drug-likeness (QED) is 0.359. The van der Waals surface area contributed by atoms with E-state index in [0.717, 1.165) is 12.0 Å². The van der Waals surface area contributed by atoms with E-state index in [0.29, 0.717) is 29.8 Å². The van der Waals surface area contributed by atoms with Crippen molar-refractivity contribution in [2.24, 2.45) is 10.9 Å². The molecule has 0 heterocycles. The largest absolute Gasteiger partial charge is 0.496 e. The van der Waals surface area contributed by atoms with Crippen molar-refractivity contribution in [1.29, 1.82) is 0 Å². The Morgan fingerprint density at radius 2 is 1.89 bits per heavy atom. The van der Waals surface area contributed by atoms with Gasteiger partial charge in [-0.05, 0) is 48.2 Å². The third-order valence-electron chi connectivity index (χ3n) is 3.87. The molecule has 7 nitrogen and oxygen atoms in total. The van der Waals surface area contributed by atoms with Crippen LogP contribution in [0.2, 0.25) is 0 Å². The molecule has 0 aliphatic rings. The van der Waals surface area contributed by atoms with Crippen LogP contribution in [0.15, 0.2) is 41.4 Å². The molecule has 0 atom stereocenters. The van der Waals surface area contributed by atoms with Crippen LogP contribution < -0.4 is 14.2 Å². The average molecular weight is 372 g/mol. The lowest BCUT2D eigenvalue weighted by molar-refractivity contribution is -0.384. The lowest BCUT2D eigenvalue weighted by Crippen LogP contribution is -2.03. The lowest BCUT2D eigenvalue weighted by Gasteiger charge is -2.12. The second kappa shape index (κ2) is 9.56. The highest BCUT2D eigenvalue weighted by molar-refractivity contribution is 5.84. The van der Waals surface area contributed by atoms with Gasteiger partial charge in [0.15, 0.2) is 11.5 Å². The summed E-state index contributed by atoms with van der Waals surface area (Å²) in [5.41, 5.74) is 0.872. The van der Waals surface area contributed by atoms with E-state index in [-0.39, 0.29) is 11.4 Å². The highest BCUT2D eigenvalue weighted by atomic mass is 16.6. The molecule has 0 fully saturated rings. The summed E-state index contributed by atoms with van der Waals surface area (Å²) >= 11 is 0. The number of nitro benzene ring substituents is 1. The number of nitro groups is 1. The summed E-state index contributed by atoms with van der Waals surface area (Å²) in [6.45, 7) is 4.89. The van der Waals surface area contributed by atoms with Crippen molar-refractivity contribution in [3.63, 3.8) is 0 Å². The Morgan fingerprint density at radius 1 is 1.11 bits per heavy atom. The number of rotatable bonds is 9. The van der Waals surface area contributed by atoms with Gasteiger partial charge >= 0.3 is 0 Å². The molecule has 0 aliphatic carbocycles. The zero-order valence-corrected chi connectivity index (χ0v) is 16.0. The van der Waals surface area contributed by atoms with E-state index in [1.165, 1.54) is 13.2 Å². The van der Waals surface area contributed by atoms with Crippen molar-refractivity contribution in [2.75, 3.05) is 20.8 Å². The number of aliphatic imine (C=N–C) groups is 1. The minimum absolute atomic E-state index is 0.119. The number of ether oxygens (including phenoxy) is 3. The fraction of sp³-hybridized carbons (Fsp3) is 0.350. The highest BCUT2D eigenvalue weighted by Gasteiger charge is 2.14. The molecule has 2 aromatic rings. The maximum absolute atomic E-state index is 11.2. The first-order valence-electron chi connectivity index (χ1n) is 8.62. The van der Waals surface area contributed by atoms with Crippen LogP contribution >= 0.6 is 0 Å². The van der Waals surface area contributed by atoms with Crippen LogP contribution in [0.3, 0.4) is 0 Å². The number of hydrogen-bond donors (Lipinski definition) is 0. The van der Waals surface area contributed by atoms with Crippen molar-refractivity contribution in [1.82, 2.24) is 0 Å². The van der Waals surface area contributed by atoms with Crippen molar-refractivity contribution < 1.29 is 19.1 Å². The van der Waals surface area contributed by atoms with E-state index in [9.17, 15) is 10.1 Å². The van der Waals surface area contributed by atoms with Crippen LogP contribution in [0.5, 0.6) is 17.2 Å². The molecule has 7 heteroatoms. The molecule has 0 spiro atoms. The number of benzene rings is 2. The molecule has 0 saturated carbocycles. The molecular formula is C20H24N2O5. The van der Waals surface area contributed by atoms with Gasteiger partial charge in [-0.1, -0.05) is 13.8 Å². The predicted molar refractivity (Wildman–Crippen MR) is 105 cm³/mol. The summed E-state index contributed by atoms with van der Waals surface area (Å²) in [7, 11) is 3.03. The monoisotopic (exact) mass is 372 g/mol. The lowest BCUT2D eigenvalue weighted by atomic mass is 10.1. The van der Waals surface area contributed by atoms with Gasteiger partial charge in [-0.15, -0.1) is 0 Å². The fourth-order valence-electron chi connectivity index (χ4n) is 2.32. The van der Waals surface area contributed by atoms with Crippen LogP contribution in [0.1, 0.15) is 25.8 Å². The van der Waals surface area contributed by atoms with Crippen molar-refractivity contribution in [3.05, 3.63) is 52.1 Å². The molecule has 0 aliphatic heterocycles. The van der Waals surface area contributed by atoms with E-state index in [2.05, 4.69) is 18.8 Å². The molecule has 2 rings (SSSR count). The minimum Gasteiger partial charge on any atom is -0.496 e. The molecule has 0 bridgehead atoms. The molecule has 2 aromatic carbocycles. The van der Waals surface area contributed by atoms with Crippen molar-refractivity contribution in [2.45, 2.75) is 20.3 Å². The summed E-state index contributed by atoms with van der Waals surface area (Å²) in [6, 6.07) is 9.94. The van der Waals surface area contributed by atoms with E-state index < -0.39 is 4.92 Å². The Hall–Kier alpha value is -3.09. The maximum atomic E-state index is 11.2. The smallest absolute Gasteiger partial charge is 0.298 e. The second-order valence-corrected chi connectivity index (χ2v) is 6.31. The second-order valence-electron chi connectivity index (χ2n) is 6.31.